The third-order valence-electron chi connectivity index (χ3n) is 3.23. The molecule has 2 atom stereocenters. The van der Waals surface area contributed by atoms with Gasteiger partial charge in [0, 0.05) is 18.5 Å². The molecule has 2 aromatic carbocycles. The number of benzene rings is 2. The summed E-state index contributed by atoms with van der Waals surface area (Å²) in [5.74, 6) is -2.78. The van der Waals surface area contributed by atoms with Crippen LogP contribution in [0.2, 0.25) is 0 Å². The Morgan fingerprint density at radius 3 is 2.14 bits per heavy atom. The van der Waals surface area contributed by atoms with Gasteiger partial charge >= 0.3 is 0 Å². The van der Waals surface area contributed by atoms with Crippen LogP contribution in [-0.2, 0) is 0 Å². The molecule has 3 N–H and O–H groups in total. The van der Waals surface area contributed by atoms with Crippen molar-refractivity contribution in [2.75, 3.05) is 6.54 Å². The van der Waals surface area contributed by atoms with Gasteiger partial charge in [-0.3, -0.25) is 0 Å². The summed E-state index contributed by atoms with van der Waals surface area (Å²) < 4.78 is 40.3. The van der Waals surface area contributed by atoms with Crippen LogP contribution in [0.15, 0.2) is 40.9 Å². The van der Waals surface area contributed by atoms with E-state index in [9.17, 15) is 18.3 Å². The minimum Gasteiger partial charge on any atom is -0.388 e. The monoisotopic (exact) mass is 359 g/mol. The van der Waals surface area contributed by atoms with Gasteiger partial charge in [0.05, 0.1) is 10.6 Å². The van der Waals surface area contributed by atoms with E-state index < -0.39 is 29.5 Å². The van der Waals surface area contributed by atoms with Gasteiger partial charge in [-0.1, -0.05) is 6.07 Å². The fourth-order valence-electron chi connectivity index (χ4n) is 2.17. The van der Waals surface area contributed by atoms with Crippen LogP contribution in [0.5, 0.6) is 0 Å². The van der Waals surface area contributed by atoms with Crippen LogP contribution in [0.25, 0.3) is 0 Å². The number of halogens is 4. The van der Waals surface area contributed by atoms with Crippen LogP contribution in [-0.4, -0.2) is 11.7 Å². The summed E-state index contributed by atoms with van der Waals surface area (Å²) in [7, 11) is 0. The highest BCUT2D eigenvalue weighted by atomic mass is 79.9. The predicted molar refractivity (Wildman–Crippen MR) is 77.2 cm³/mol. The lowest BCUT2D eigenvalue weighted by Crippen LogP contribution is -2.20. The van der Waals surface area contributed by atoms with Crippen LogP contribution >= 0.6 is 15.9 Å². The van der Waals surface area contributed by atoms with E-state index in [1.165, 1.54) is 12.1 Å². The molecule has 0 saturated carbocycles. The maximum Gasteiger partial charge on any atom is 0.137 e. The molecule has 0 heterocycles. The molecule has 2 rings (SSSR count). The molecule has 6 heteroatoms. The van der Waals surface area contributed by atoms with E-state index in [2.05, 4.69) is 15.9 Å². The summed E-state index contributed by atoms with van der Waals surface area (Å²) in [5, 5.41) is 10.3. The molecule has 0 aromatic heterocycles. The normalized spacial score (nSPS) is 14.0. The zero-order valence-corrected chi connectivity index (χ0v) is 12.4. The van der Waals surface area contributed by atoms with Gasteiger partial charge < -0.3 is 10.8 Å². The van der Waals surface area contributed by atoms with Gasteiger partial charge in [-0.05, 0) is 51.3 Å². The third kappa shape index (κ3) is 3.64. The van der Waals surface area contributed by atoms with Crippen molar-refractivity contribution >= 4 is 15.9 Å². The number of hydrogen-bond acceptors (Lipinski definition) is 2. The second-order valence-electron chi connectivity index (χ2n) is 4.66. The molecule has 2 aromatic rings. The van der Waals surface area contributed by atoms with Gasteiger partial charge in [-0.15, -0.1) is 0 Å². The van der Waals surface area contributed by atoms with Crippen LogP contribution in [0.4, 0.5) is 13.2 Å². The smallest absolute Gasteiger partial charge is 0.137 e. The first-order valence-electron chi connectivity index (χ1n) is 6.21. The molecule has 2 unspecified atom stereocenters. The maximum atomic E-state index is 13.5. The molecular weight excluding hydrogens is 347 g/mol. The van der Waals surface area contributed by atoms with Crippen molar-refractivity contribution < 1.29 is 18.3 Å². The van der Waals surface area contributed by atoms with E-state index in [0.717, 1.165) is 24.3 Å². The lowest BCUT2D eigenvalue weighted by atomic mass is 9.89. The van der Waals surface area contributed by atoms with Gasteiger partial charge in [0.2, 0.25) is 0 Å². The standard InChI is InChI=1S/C15H13BrF3NO/c16-13-2-1-8(5-14(13)19)15(21)12(7-20)9-3-10(17)6-11(18)4-9/h1-6,12,15,21H,7,20H2. The van der Waals surface area contributed by atoms with E-state index in [1.807, 2.05) is 0 Å². The Hall–Kier alpha value is -1.37. The molecule has 0 aliphatic carbocycles. The van der Waals surface area contributed by atoms with E-state index in [-0.39, 0.29) is 22.1 Å². The van der Waals surface area contributed by atoms with Gasteiger partial charge in [0.1, 0.15) is 17.5 Å². The molecular formula is C15H13BrF3NO. The van der Waals surface area contributed by atoms with Gasteiger partial charge in [-0.2, -0.15) is 0 Å². The Bertz CT molecular complexity index is 631. The maximum absolute atomic E-state index is 13.5. The number of aliphatic hydroxyl groups is 1. The minimum absolute atomic E-state index is 0.0399. The molecule has 0 fully saturated rings. The topological polar surface area (TPSA) is 46.2 Å². The Labute approximate surface area is 128 Å². The Morgan fingerprint density at radius 1 is 1.00 bits per heavy atom. The lowest BCUT2D eigenvalue weighted by molar-refractivity contribution is 0.146. The van der Waals surface area contributed by atoms with Gasteiger partial charge in [0.15, 0.2) is 0 Å². The number of nitrogens with two attached hydrogens (primary N) is 1. The third-order valence-corrected chi connectivity index (χ3v) is 3.88. The molecule has 112 valence electrons. The average molecular weight is 360 g/mol. The van der Waals surface area contributed by atoms with Crippen LogP contribution in [0.3, 0.4) is 0 Å². The van der Waals surface area contributed by atoms with Crippen molar-refractivity contribution in [1.29, 1.82) is 0 Å². The summed E-state index contributed by atoms with van der Waals surface area (Å²) in [6.45, 7) is -0.0399. The van der Waals surface area contributed by atoms with Crippen LogP contribution in [0.1, 0.15) is 23.1 Å². The average Bonchev–Trinajstić information content (AvgIpc) is 2.41. The Balaban J connectivity index is 2.37. The minimum atomic E-state index is -1.17. The molecule has 0 aliphatic heterocycles. The second kappa shape index (κ2) is 6.60. The van der Waals surface area contributed by atoms with Crippen molar-refractivity contribution in [1.82, 2.24) is 0 Å². The molecule has 2 nitrogen and oxygen atoms in total. The van der Waals surface area contributed by atoms with Gasteiger partial charge in [0.25, 0.3) is 0 Å². The quantitative estimate of drug-likeness (QED) is 0.875. The van der Waals surface area contributed by atoms with E-state index in [1.54, 1.807) is 0 Å². The summed E-state index contributed by atoms with van der Waals surface area (Å²) in [6, 6.07) is 7.09. The Morgan fingerprint density at radius 2 is 1.62 bits per heavy atom. The summed E-state index contributed by atoms with van der Waals surface area (Å²) in [4.78, 5) is 0. The highest BCUT2D eigenvalue weighted by Crippen LogP contribution is 2.32. The highest BCUT2D eigenvalue weighted by Gasteiger charge is 2.23. The largest absolute Gasteiger partial charge is 0.388 e. The number of rotatable bonds is 4. The molecule has 0 aliphatic rings. The summed E-state index contributed by atoms with van der Waals surface area (Å²) in [5.41, 5.74) is 6.12. The fraction of sp³-hybridized carbons (Fsp3) is 0.200. The van der Waals surface area contributed by atoms with Crippen molar-refractivity contribution in [2.45, 2.75) is 12.0 Å². The van der Waals surface area contributed by atoms with E-state index in [0.29, 0.717) is 0 Å². The molecule has 0 radical (unpaired) electrons. The summed E-state index contributed by atoms with van der Waals surface area (Å²) >= 11 is 3.02. The van der Waals surface area contributed by atoms with Crippen LogP contribution < -0.4 is 5.73 Å². The van der Waals surface area contributed by atoms with E-state index in [4.69, 9.17) is 5.73 Å². The van der Waals surface area contributed by atoms with Crippen LogP contribution in [0, 0.1) is 17.5 Å². The van der Waals surface area contributed by atoms with E-state index >= 15 is 0 Å². The molecule has 0 bridgehead atoms. The van der Waals surface area contributed by atoms with Crippen molar-refractivity contribution in [2.24, 2.45) is 5.73 Å². The molecule has 0 saturated heterocycles. The van der Waals surface area contributed by atoms with Crippen molar-refractivity contribution in [3.05, 3.63) is 69.4 Å². The van der Waals surface area contributed by atoms with Crippen molar-refractivity contribution in [3.63, 3.8) is 0 Å². The Kier molecular flexibility index (Phi) is 5.03. The lowest BCUT2D eigenvalue weighted by Gasteiger charge is -2.22. The number of aliphatic hydroxyl groups excluding tert-OH is 1. The zero-order chi connectivity index (χ0) is 15.6. The first-order valence-corrected chi connectivity index (χ1v) is 7.00. The van der Waals surface area contributed by atoms with Gasteiger partial charge in [-0.25, -0.2) is 13.2 Å². The highest BCUT2D eigenvalue weighted by molar-refractivity contribution is 9.10. The molecule has 21 heavy (non-hydrogen) atoms. The predicted octanol–water partition coefficient (Wildman–Crippen LogP) is 3.64. The SMILES string of the molecule is NCC(c1cc(F)cc(F)c1)C(O)c1ccc(Br)c(F)c1. The second-order valence-corrected chi connectivity index (χ2v) is 5.52. The molecule has 0 amide bonds. The fourth-order valence-corrected chi connectivity index (χ4v) is 2.41. The first-order chi connectivity index (χ1) is 9.92. The first kappa shape index (κ1) is 16.0. The van der Waals surface area contributed by atoms with Crippen molar-refractivity contribution in [3.8, 4) is 0 Å². The number of hydrogen-bond donors (Lipinski definition) is 2. The summed E-state index contributed by atoms with van der Waals surface area (Å²) in [6.07, 6.45) is -1.17. The molecule has 0 spiro atoms. The zero-order valence-electron chi connectivity index (χ0n) is 10.9.